The molecule has 0 aromatic carbocycles. The van der Waals surface area contributed by atoms with Crippen molar-refractivity contribution in [2.45, 2.75) is 33.4 Å². The van der Waals surface area contributed by atoms with E-state index in [-0.39, 0.29) is 17.5 Å². The van der Waals surface area contributed by atoms with E-state index in [4.69, 9.17) is 11.6 Å². The van der Waals surface area contributed by atoms with Crippen LogP contribution in [0.25, 0.3) is 5.65 Å². The average molecular weight is 362 g/mol. The molecule has 0 spiro atoms. The molecule has 0 radical (unpaired) electrons. The highest BCUT2D eigenvalue weighted by Gasteiger charge is 2.34. The second kappa shape index (κ2) is 6.08. The molecule has 9 heteroatoms. The molecule has 0 bridgehead atoms. The number of fused-ring (bicyclic) bond motifs is 1. The molecule has 0 aliphatic heterocycles. The Morgan fingerprint density at radius 3 is 2.50 bits per heavy atom. The minimum absolute atomic E-state index is 0.105. The van der Waals surface area contributed by atoms with Crippen molar-refractivity contribution in [3.63, 3.8) is 0 Å². The van der Waals surface area contributed by atoms with Gasteiger partial charge in [-0.1, -0.05) is 32.4 Å². The number of alkyl halides is 3. The van der Waals surface area contributed by atoms with Gasteiger partial charge in [0, 0.05) is 12.6 Å². The highest BCUT2D eigenvalue weighted by Crippen LogP contribution is 2.32. The van der Waals surface area contributed by atoms with Crippen molar-refractivity contribution in [1.82, 2.24) is 9.38 Å². The number of amides is 1. The van der Waals surface area contributed by atoms with E-state index in [1.54, 1.807) is 0 Å². The Hall–Kier alpha value is -2.09. The van der Waals surface area contributed by atoms with Crippen molar-refractivity contribution < 1.29 is 18.0 Å². The number of nitrogens with one attached hydrogen (secondary N) is 1. The fourth-order valence-corrected chi connectivity index (χ4v) is 2.34. The summed E-state index contributed by atoms with van der Waals surface area (Å²) in [6.45, 7) is 5.49. The van der Waals surface area contributed by atoms with E-state index >= 15 is 0 Å². The average Bonchev–Trinajstić information content (AvgIpc) is 2.39. The molecule has 2 rings (SSSR count). The molecule has 0 unspecified atom stereocenters. The molecule has 2 aromatic heterocycles. The molecular formula is C15H15ClF3N3O2. The van der Waals surface area contributed by atoms with Crippen LogP contribution in [0.5, 0.6) is 0 Å². The molecule has 5 nitrogen and oxygen atoms in total. The van der Waals surface area contributed by atoms with Crippen LogP contribution in [0.4, 0.5) is 18.9 Å². The molecule has 2 aromatic rings. The summed E-state index contributed by atoms with van der Waals surface area (Å²) in [4.78, 5) is 28.0. The van der Waals surface area contributed by atoms with E-state index in [1.807, 2.05) is 20.8 Å². The highest BCUT2D eigenvalue weighted by atomic mass is 35.5. The number of hydrogen-bond donors (Lipinski definition) is 1. The summed E-state index contributed by atoms with van der Waals surface area (Å²) < 4.78 is 39.7. The van der Waals surface area contributed by atoms with Crippen molar-refractivity contribution in [3.8, 4) is 0 Å². The maximum absolute atomic E-state index is 13.0. The van der Waals surface area contributed by atoms with E-state index in [0.717, 1.165) is 18.3 Å². The van der Waals surface area contributed by atoms with Crippen LogP contribution >= 0.6 is 11.6 Å². The summed E-state index contributed by atoms with van der Waals surface area (Å²) >= 11 is 5.84. The van der Waals surface area contributed by atoms with Gasteiger partial charge in [-0.25, -0.2) is 4.98 Å². The van der Waals surface area contributed by atoms with Gasteiger partial charge in [-0.2, -0.15) is 13.2 Å². The fourth-order valence-electron chi connectivity index (χ4n) is 2.13. The van der Waals surface area contributed by atoms with Gasteiger partial charge in [0.1, 0.15) is 5.69 Å². The maximum atomic E-state index is 13.0. The van der Waals surface area contributed by atoms with Crippen LogP contribution in [0.3, 0.4) is 0 Å². The van der Waals surface area contributed by atoms with Gasteiger partial charge in [0.2, 0.25) is 5.91 Å². The van der Waals surface area contributed by atoms with Crippen LogP contribution in [0.15, 0.2) is 23.1 Å². The maximum Gasteiger partial charge on any atom is 0.419 e. The number of nitrogens with zero attached hydrogens (tertiary/aromatic N) is 2. The highest BCUT2D eigenvalue weighted by molar-refractivity contribution is 6.32. The minimum atomic E-state index is -4.69. The van der Waals surface area contributed by atoms with E-state index in [1.165, 1.54) is 0 Å². The molecule has 0 atom stereocenters. The molecular weight excluding hydrogens is 347 g/mol. The Morgan fingerprint density at radius 2 is 1.96 bits per heavy atom. The first-order valence-corrected chi connectivity index (χ1v) is 7.36. The molecule has 24 heavy (non-hydrogen) atoms. The number of carbonyl (C=O) groups is 1. The van der Waals surface area contributed by atoms with Crippen molar-refractivity contribution in [2.75, 3.05) is 5.32 Å². The zero-order chi connectivity index (χ0) is 18.3. The lowest BCUT2D eigenvalue weighted by molar-refractivity contribution is -0.136. The van der Waals surface area contributed by atoms with E-state index < -0.39 is 34.0 Å². The van der Waals surface area contributed by atoms with E-state index in [2.05, 4.69) is 10.3 Å². The third kappa shape index (κ3) is 3.87. The van der Waals surface area contributed by atoms with E-state index in [0.29, 0.717) is 4.40 Å². The normalized spacial score (nSPS) is 12.5. The number of hydrogen-bond acceptors (Lipinski definition) is 3. The third-order valence-electron chi connectivity index (χ3n) is 3.07. The van der Waals surface area contributed by atoms with Crippen LogP contribution in [-0.4, -0.2) is 15.3 Å². The SMILES string of the molecule is CC(C)(C)CC(=O)Nc1c(Cl)nc2c(C(F)(F)F)cccn2c1=O. The van der Waals surface area contributed by atoms with Gasteiger partial charge < -0.3 is 5.32 Å². The Bertz CT molecular complexity index is 854. The smallest absolute Gasteiger partial charge is 0.319 e. The second-order valence-corrected chi connectivity index (χ2v) is 6.84. The van der Waals surface area contributed by atoms with Crippen LogP contribution in [-0.2, 0) is 11.0 Å². The monoisotopic (exact) mass is 361 g/mol. The van der Waals surface area contributed by atoms with Crippen LogP contribution < -0.4 is 10.9 Å². The summed E-state index contributed by atoms with van der Waals surface area (Å²) in [5.74, 6) is -0.477. The molecule has 1 N–H and O–H groups in total. The van der Waals surface area contributed by atoms with Gasteiger partial charge in [0.05, 0.1) is 5.56 Å². The number of rotatable bonds is 2. The lowest BCUT2D eigenvalue weighted by Gasteiger charge is -2.17. The van der Waals surface area contributed by atoms with Gasteiger partial charge >= 0.3 is 6.18 Å². The van der Waals surface area contributed by atoms with Crippen LogP contribution in [0, 0.1) is 5.41 Å². The molecule has 130 valence electrons. The number of aromatic nitrogens is 2. The fraction of sp³-hybridized carbons (Fsp3) is 0.400. The molecule has 0 fully saturated rings. The summed E-state index contributed by atoms with van der Waals surface area (Å²) in [7, 11) is 0. The van der Waals surface area contributed by atoms with Crippen molar-refractivity contribution in [3.05, 3.63) is 39.4 Å². The van der Waals surface area contributed by atoms with Gasteiger partial charge in [0.25, 0.3) is 5.56 Å². The summed E-state index contributed by atoms with van der Waals surface area (Å²) in [5, 5.41) is 1.85. The lowest BCUT2D eigenvalue weighted by atomic mass is 9.92. The summed E-state index contributed by atoms with van der Waals surface area (Å²) in [6.07, 6.45) is -3.45. The molecule has 2 heterocycles. The van der Waals surface area contributed by atoms with Gasteiger partial charge in [-0.05, 0) is 17.5 Å². The van der Waals surface area contributed by atoms with Gasteiger partial charge in [0.15, 0.2) is 10.8 Å². The second-order valence-electron chi connectivity index (χ2n) is 6.48. The first-order valence-electron chi connectivity index (χ1n) is 6.98. The van der Waals surface area contributed by atoms with Crippen LogP contribution in [0.2, 0.25) is 5.15 Å². The van der Waals surface area contributed by atoms with Gasteiger partial charge in [-0.15, -0.1) is 0 Å². The number of halogens is 4. The number of carbonyl (C=O) groups excluding carboxylic acids is 1. The number of pyridine rings is 1. The third-order valence-corrected chi connectivity index (χ3v) is 3.34. The standard InChI is InChI=1S/C15H15ClF3N3O2/c1-14(2,3)7-9(23)20-10-11(16)21-12-8(15(17,18)19)5-4-6-22(12)13(10)24/h4-6H,7H2,1-3H3,(H,20,23). The Morgan fingerprint density at radius 1 is 1.33 bits per heavy atom. The summed E-state index contributed by atoms with van der Waals surface area (Å²) in [5.41, 5.74) is -3.26. The summed E-state index contributed by atoms with van der Waals surface area (Å²) in [6, 6.07) is 1.88. The zero-order valence-corrected chi connectivity index (χ0v) is 13.9. The minimum Gasteiger partial charge on any atom is -0.319 e. The molecule has 0 aliphatic rings. The molecule has 0 saturated carbocycles. The quantitative estimate of drug-likeness (QED) is 0.829. The first-order chi connectivity index (χ1) is 10.9. The Balaban J connectivity index is 2.56. The largest absolute Gasteiger partial charge is 0.419 e. The van der Waals surface area contributed by atoms with Crippen molar-refractivity contribution in [1.29, 1.82) is 0 Å². The van der Waals surface area contributed by atoms with Crippen molar-refractivity contribution in [2.24, 2.45) is 5.41 Å². The lowest BCUT2D eigenvalue weighted by Crippen LogP contribution is -2.27. The zero-order valence-electron chi connectivity index (χ0n) is 13.2. The Kier molecular flexibility index (Phi) is 4.63. The van der Waals surface area contributed by atoms with E-state index in [9.17, 15) is 22.8 Å². The van der Waals surface area contributed by atoms with Crippen LogP contribution in [0.1, 0.15) is 32.8 Å². The first kappa shape index (κ1) is 18.3. The predicted molar refractivity (Wildman–Crippen MR) is 84.2 cm³/mol. The number of anilines is 1. The topological polar surface area (TPSA) is 63.5 Å². The van der Waals surface area contributed by atoms with Crippen molar-refractivity contribution >= 4 is 28.8 Å². The molecule has 0 saturated heterocycles. The molecule has 1 amide bonds. The predicted octanol–water partition coefficient (Wildman–Crippen LogP) is 3.74. The van der Waals surface area contributed by atoms with Gasteiger partial charge in [-0.3, -0.25) is 14.0 Å². The molecule has 0 aliphatic carbocycles. The Labute approximate surface area is 140 Å².